The van der Waals surface area contributed by atoms with E-state index in [9.17, 15) is 9.59 Å². The van der Waals surface area contributed by atoms with Crippen LogP contribution in [0.15, 0.2) is 28.2 Å². The zero-order chi connectivity index (χ0) is 26.8. The summed E-state index contributed by atoms with van der Waals surface area (Å²) in [6.07, 6.45) is -0.575. The van der Waals surface area contributed by atoms with Crippen molar-refractivity contribution in [2.75, 3.05) is 4.90 Å². The number of thiophene rings is 1. The van der Waals surface area contributed by atoms with E-state index >= 15 is 0 Å². The van der Waals surface area contributed by atoms with Gasteiger partial charge in [-0.2, -0.15) is 4.98 Å². The van der Waals surface area contributed by atoms with E-state index in [0.717, 1.165) is 10.4 Å². The van der Waals surface area contributed by atoms with E-state index < -0.39 is 23.4 Å². The maximum Gasteiger partial charge on any atom is 0.416 e. The average Bonchev–Trinajstić information content (AvgIpc) is 3.32. The number of rotatable bonds is 6. The molecule has 0 saturated heterocycles. The number of amides is 2. The molecule has 0 aliphatic carbocycles. The van der Waals surface area contributed by atoms with Gasteiger partial charge in [0.05, 0.1) is 6.54 Å². The Balaban J connectivity index is 1.98. The highest BCUT2D eigenvalue weighted by Crippen LogP contribution is 2.31. The summed E-state index contributed by atoms with van der Waals surface area (Å²) >= 11 is 11.4. The molecule has 0 bridgehead atoms. The van der Waals surface area contributed by atoms with E-state index in [4.69, 9.17) is 21.1 Å². The van der Waals surface area contributed by atoms with Crippen LogP contribution in [0.5, 0.6) is 0 Å². The Morgan fingerprint density at radius 2 is 1.89 bits per heavy atom. The smallest absolute Gasteiger partial charge is 0.416 e. The van der Waals surface area contributed by atoms with Gasteiger partial charge in [-0.25, -0.2) is 14.1 Å². The Morgan fingerprint density at radius 3 is 2.47 bits per heavy atom. The van der Waals surface area contributed by atoms with Crippen LogP contribution in [0.2, 0.25) is 5.28 Å². The Morgan fingerprint density at radius 1 is 1.22 bits per heavy atom. The molecule has 0 radical (unpaired) electrons. The third-order valence-corrected chi connectivity index (χ3v) is 6.52. The van der Waals surface area contributed by atoms with Crippen LogP contribution in [0.3, 0.4) is 0 Å². The highest BCUT2D eigenvalue weighted by molar-refractivity contribution is 9.10. The molecule has 9 nitrogen and oxygen atoms in total. The fourth-order valence-electron chi connectivity index (χ4n) is 3.37. The normalized spacial score (nSPS) is 12.9. The van der Waals surface area contributed by atoms with Gasteiger partial charge in [0, 0.05) is 10.9 Å². The molecule has 1 atom stereocenters. The molecule has 196 valence electrons. The van der Waals surface area contributed by atoms with Crippen molar-refractivity contribution in [1.29, 1.82) is 0 Å². The van der Waals surface area contributed by atoms with Crippen LogP contribution >= 0.6 is 38.9 Å². The van der Waals surface area contributed by atoms with Gasteiger partial charge in [0.25, 0.3) is 0 Å². The second kappa shape index (κ2) is 10.9. The van der Waals surface area contributed by atoms with Gasteiger partial charge in [0.15, 0.2) is 5.82 Å². The van der Waals surface area contributed by atoms with Gasteiger partial charge in [-0.1, -0.05) is 6.07 Å². The SMILES string of the molecule is C[C@@H](Cc1cc2c(N(Cc3cccs3)C(=O)OC(C)(C)C)nc(Cl)nn2c1Br)NC(=O)OC(C)(C)C. The second-order valence-electron chi connectivity index (χ2n) is 10.4. The van der Waals surface area contributed by atoms with Crippen molar-refractivity contribution in [3.05, 3.63) is 43.9 Å². The molecule has 0 unspecified atom stereocenters. The molecule has 0 aliphatic heterocycles. The molecular weight excluding hydrogens is 570 g/mol. The Bertz CT molecular complexity index is 1230. The summed E-state index contributed by atoms with van der Waals surface area (Å²) in [6.45, 7) is 13.0. The van der Waals surface area contributed by atoms with E-state index in [0.29, 0.717) is 22.4 Å². The quantitative estimate of drug-likeness (QED) is 0.342. The molecule has 36 heavy (non-hydrogen) atoms. The minimum atomic E-state index is -0.700. The van der Waals surface area contributed by atoms with Crippen molar-refractivity contribution in [1.82, 2.24) is 19.9 Å². The molecule has 1 N–H and O–H groups in total. The number of carbonyl (C=O) groups excluding carboxylic acids is 2. The van der Waals surface area contributed by atoms with E-state index in [1.165, 1.54) is 16.2 Å². The van der Waals surface area contributed by atoms with E-state index in [1.807, 2.05) is 72.0 Å². The summed E-state index contributed by atoms with van der Waals surface area (Å²) < 4.78 is 13.3. The Hall–Kier alpha value is -2.37. The first kappa shape index (κ1) is 28.2. The number of aromatic nitrogens is 3. The van der Waals surface area contributed by atoms with Gasteiger partial charge in [-0.15, -0.1) is 16.4 Å². The number of halogens is 2. The summed E-state index contributed by atoms with van der Waals surface area (Å²) in [5.74, 6) is 0.317. The lowest BCUT2D eigenvalue weighted by Crippen LogP contribution is -2.38. The number of alkyl carbamates (subject to hydrolysis) is 1. The van der Waals surface area contributed by atoms with Gasteiger partial charge in [0.1, 0.15) is 21.3 Å². The van der Waals surface area contributed by atoms with Crippen molar-refractivity contribution in [3.63, 3.8) is 0 Å². The first-order chi connectivity index (χ1) is 16.6. The summed E-state index contributed by atoms with van der Waals surface area (Å²) in [6, 6.07) is 5.48. The Kier molecular flexibility index (Phi) is 8.57. The molecule has 12 heteroatoms. The first-order valence-electron chi connectivity index (χ1n) is 11.4. The van der Waals surface area contributed by atoms with Crippen molar-refractivity contribution in [3.8, 4) is 0 Å². The molecule has 0 fully saturated rings. The fraction of sp³-hybridized carbons (Fsp3) is 0.500. The predicted molar refractivity (Wildman–Crippen MR) is 145 cm³/mol. The van der Waals surface area contributed by atoms with Crippen molar-refractivity contribution >= 4 is 62.4 Å². The van der Waals surface area contributed by atoms with Gasteiger partial charge >= 0.3 is 12.2 Å². The molecule has 2 amide bonds. The van der Waals surface area contributed by atoms with E-state index in [1.54, 1.807) is 4.52 Å². The molecule has 0 aromatic carbocycles. The average molecular weight is 601 g/mol. The van der Waals surface area contributed by atoms with Crippen LogP contribution in [0, 0.1) is 0 Å². The van der Waals surface area contributed by atoms with Crippen LogP contribution in [0.4, 0.5) is 15.4 Å². The number of nitrogens with zero attached hydrogens (tertiary/aromatic N) is 4. The van der Waals surface area contributed by atoms with Crippen LogP contribution in [0.25, 0.3) is 5.52 Å². The standard InChI is InChI=1S/C24H31BrClN5O4S/c1-14(27-21(32)34-23(2,3)4)11-15-12-17-19(28-20(26)29-31(17)18(15)25)30(13-16-9-8-10-36-16)22(33)35-24(5,6)7/h8-10,12,14H,11,13H2,1-7H3,(H,27,32)/t14-/m0/s1. The fourth-order valence-corrected chi connectivity index (χ4v) is 4.76. The van der Waals surface area contributed by atoms with Gasteiger partial charge in [-0.3, -0.25) is 4.90 Å². The lowest BCUT2D eigenvalue weighted by atomic mass is 10.1. The lowest BCUT2D eigenvalue weighted by Gasteiger charge is -2.27. The predicted octanol–water partition coefficient (Wildman–Crippen LogP) is 6.60. The molecule has 3 rings (SSSR count). The number of anilines is 1. The Labute approximate surface area is 228 Å². The van der Waals surface area contributed by atoms with Crippen molar-refractivity contribution in [2.45, 2.75) is 78.7 Å². The third-order valence-electron chi connectivity index (χ3n) is 4.65. The van der Waals surface area contributed by atoms with Crippen LogP contribution in [-0.4, -0.2) is 44.0 Å². The maximum atomic E-state index is 13.3. The van der Waals surface area contributed by atoms with Crippen molar-refractivity contribution in [2.24, 2.45) is 0 Å². The third kappa shape index (κ3) is 7.57. The zero-order valence-corrected chi connectivity index (χ0v) is 24.5. The van der Waals surface area contributed by atoms with Crippen LogP contribution in [-0.2, 0) is 22.4 Å². The molecule has 0 spiro atoms. The summed E-state index contributed by atoms with van der Waals surface area (Å²) in [5.41, 5.74) is 0.114. The second-order valence-corrected chi connectivity index (χ2v) is 12.5. The number of carbonyl (C=O) groups is 2. The van der Waals surface area contributed by atoms with Crippen LogP contribution < -0.4 is 10.2 Å². The van der Waals surface area contributed by atoms with Crippen LogP contribution in [0.1, 0.15) is 58.9 Å². The van der Waals surface area contributed by atoms with Gasteiger partial charge in [-0.05, 0) is 105 Å². The molecule has 3 heterocycles. The molecule has 3 aromatic rings. The molecule has 0 saturated carbocycles. The first-order valence-corrected chi connectivity index (χ1v) is 13.4. The molecule has 3 aromatic heterocycles. The highest BCUT2D eigenvalue weighted by atomic mass is 79.9. The lowest BCUT2D eigenvalue weighted by molar-refractivity contribution is 0.0506. The molecular formula is C24H31BrClN5O4S. The monoisotopic (exact) mass is 599 g/mol. The summed E-state index contributed by atoms with van der Waals surface area (Å²) in [5, 5.41) is 9.08. The summed E-state index contributed by atoms with van der Waals surface area (Å²) in [7, 11) is 0. The van der Waals surface area contributed by atoms with Crippen molar-refractivity contribution < 1.29 is 19.1 Å². The highest BCUT2D eigenvalue weighted by Gasteiger charge is 2.29. The number of ether oxygens (including phenoxy) is 2. The topological polar surface area (TPSA) is 98.1 Å². The van der Waals surface area contributed by atoms with E-state index in [-0.39, 0.29) is 17.9 Å². The minimum absolute atomic E-state index is 0.0278. The van der Waals surface area contributed by atoms with Gasteiger partial charge < -0.3 is 14.8 Å². The number of fused-ring (bicyclic) bond motifs is 1. The summed E-state index contributed by atoms with van der Waals surface area (Å²) in [4.78, 5) is 32.3. The minimum Gasteiger partial charge on any atom is -0.444 e. The number of hydrogen-bond donors (Lipinski definition) is 1. The zero-order valence-electron chi connectivity index (χ0n) is 21.4. The van der Waals surface area contributed by atoms with Gasteiger partial charge in [0.2, 0.25) is 5.28 Å². The maximum absolute atomic E-state index is 13.3. The van der Waals surface area contributed by atoms with E-state index in [2.05, 4.69) is 31.3 Å². The molecule has 0 aliphatic rings. The largest absolute Gasteiger partial charge is 0.444 e. The number of hydrogen-bond acceptors (Lipinski definition) is 7. The number of nitrogens with one attached hydrogen (secondary N) is 1.